The Hall–Kier alpha value is -0.785. The summed E-state index contributed by atoms with van der Waals surface area (Å²) < 4.78 is 40.0. The van der Waals surface area contributed by atoms with Gasteiger partial charge in [-0.1, -0.05) is 0 Å². The van der Waals surface area contributed by atoms with Crippen LogP contribution in [-0.4, -0.2) is 51.5 Å². The first kappa shape index (κ1) is 18.1. The lowest BCUT2D eigenvalue weighted by atomic mass is 10.3. The van der Waals surface area contributed by atoms with E-state index in [1.165, 1.54) is 0 Å². The lowest BCUT2D eigenvalue weighted by Gasteiger charge is -2.14. The third kappa shape index (κ3) is 1550. The summed E-state index contributed by atoms with van der Waals surface area (Å²) in [5.74, 6) is 0. The second-order valence-corrected chi connectivity index (χ2v) is 3.28. The monoisotopic (exact) mass is 207 g/mol. The number of hydrogen-bond acceptors (Lipinski definition) is 1. The Morgan fingerprint density at radius 2 is 1.08 bits per heavy atom. The molecule has 0 saturated heterocycles. The third-order valence-corrected chi connectivity index (χ3v) is 0. The fraction of sp³-hybridized carbons (Fsp3) is 0.800. The van der Waals surface area contributed by atoms with E-state index in [9.17, 15) is 17.3 Å². The van der Waals surface area contributed by atoms with Crippen LogP contribution in [0.2, 0.25) is 0 Å². The fourth-order valence-corrected chi connectivity index (χ4v) is 0. The molecule has 0 radical (unpaired) electrons. The van der Waals surface area contributed by atoms with Crippen LogP contribution >= 0.6 is 0 Å². The average Bonchev–Trinajstić information content (AvgIpc) is 1.52. The molecule has 0 amide bonds. The topological polar surface area (TPSA) is 37.3 Å². The summed E-state index contributed by atoms with van der Waals surface area (Å²) in [6.45, 7) is -0.250. The van der Waals surface area contributed by atoms with Crippen LogP contribution in [0.5, 0.6) is 0 Å². The summed E-state index contributed by atoms with van der Waals surface area (Å²) >= 11 is 0. The molecule has 0 spiro atoms. The van der Waals surface area contributed by atoms with Crippen LogP contribution in [0.15, 0.2) is 0 Å². The van der Waals surface area contributed by atoms with Crippen molar-refractivity contribution in [1.29, 1.82) is 0 Å². The minimum Gasteiger partial charge on any atom is -0.483 e. The SMILES string of the molecule is C[N+](C)(C)C.F[B-](F)(F)F.O=CO. The minimum absolute atomic E-state index is 0.250. The van der Waals surface area contributed by atoms with Crippen LogP contribution in [0.3, 0.4) is 0 Å². The number of hydrogen-bond donors (Lipinski definition) is 1. The van der Waals surface area contributed by atoms with Crippen molar-refractivity contribution < 1.29 is 31.6 Å². The number of rotatable bonds is 0. The van der Waals surface area contributed by atoms with Crippen molar-refractivity contribution in [2.24, 2.45) is 0 Å². The van der Waals surface area contributed by atoms with E-state index < -0.39 is 7.25 Å². The highest BCUT2D eigenvalue weighted by molar-refractivity contribution is 6.50. The van der Waals surface area contributed by atoms with Gasteiger partial charge in [-0.3, -0.25) is 4.79 Å². The molecule has 8 heteroatoms. The van der Waals surface area contributed by atoms with E-state index in [0.717, 1.165) is 4.48 Å². The van der Waals surface area contributed by atoms with Crippen molar-refractivity contribution in [2.45, 2.75) is 0 Å². The van der Waals surface area contributed by atoms with E-state index in [1.807, 2.05) is 0 Å². The summed E-state index contributed by atoms with van der Waals surface area (Å²) in [5, 5.41) is 6.89. The second-order valence-electron chi connectivity index (χ2n) is 3.28. The largest absolute Gasteiger partial charge is 0.673 e. The Morgan fingerprint density at radius 1 is 1.08 bits per heavy atom. The molecule has 13 heavy (non-hydrogen) atoms. The first-order valence-corrected chi connectivity index (χ1v) is 3.16. The zero-order valence-corrected chi connectivity index (χ0v) is 7.97. The summed E-state index contributed by atoms with van der Waals surface area (Å²) in [4.78, 5) is 8.36. The molecule has 0 aromatic heterocycles. The van der Waals surface area contributed by atoms with Crippen molar-refractivity contribution in [3.8, 4) is 0 Å². The van der Waals surface area contributed by atoms with Gasteiger partial charge in [0.1, 0.15) is 0 Å². The molecule has 0 rings (SSSR count). The molecule has 82 valence electrons. The highest BCUT2D eigenvalue weighted by atomic mass is 19.5. The third-order valence-electron chi connectivity index (χ3n) is 0. The van der Waals surface area contributed by atoms with E-state index in [0.29, 0.717) is 0 Å². The molecule has 0 bridgehead atoms. The minimum atomic E-state index is -6.00. The van der Waals surface area contributed by atoms with Gasteiger partial charge in [0.25, 0.3) is 6.47 Å². The summed E-state index contributed by atoms with van der Waals surface area (Å²) in [6.07, 6.45) is 0. The van der Waals surface area contributed by atoms with Crippen LogP contribution in [0, 0.1) is 0 Å². The molecule has 0 aromatic rings. The number of quaternary nitrogens is 1. The molecule has 0 aliphatic carbocycles. The van der Waals surface area contributed by atoms with Gasteiger partial charge in [0.15, 0.2) is 0 Å². The van der Waals surface area contributed by atoms with Crippen molar-refractivity contribution in [1.82, 2.24) is 0 Å². The molecule has 0 fully saturated rings. The van der Waals surface area contributed by atoms with Gasteiger partial charge in [-0.05, 0) is 0 Å². The van der Waals surface area contributed by atoms with Gasteiger partial charge in [0, 0.05) is 0 Å². The van der Waals surface area contributed by atoms with Crippen molar-refractivity contribution in [3.05, 3.63) is 0 Å². The molecule has 0 aromatic carbocycles. The molecule has 0 aliphatic heterocycles. The maximum Gasteiger partial charge on any atom is 0.673 e. The fourth-order valence-electron chi connectivity index (χ4n) is 0. The number of nitrogens with zero attached hydrogens (tertiary/aromatic N) is 1. The van der Waals surface area contributed by atoms with Crippen molar-refractivity contribution >= 4 is 13.7 Å². The summed E-state index contributed by atoms with van der Waals surface area (Å²) in [6, 6.07) is 0. The molecule has 0 atom stereocenters. The Bertz CT molecular complexity index is 98.7. The van der Waals surface area contributed by atoms with Crippen molar-refractivity contribution in [2.75, 3.05) is 28.2 Å². The van der Waals surface area contributed by atoms with Gasteiger partial charge >= 0.3 is 7.25 Å². The summed E-state index contributed by atoms with van der Waals surface area (Å²) in [5.41, 5.74) is 0. The van der Waals surface area contributed by atoms with Gasteiger partial charge in [0.2, 0.25) is 0 Å². The quantitative estimate of drug-likeness (QED) is 0.281. The number of halogens is 4. The van der Waals surface area contributed by atoms with E-state index >= 15 is 0 Å². The first-order valence-electron chi connectivity index (χ1n) is 3.16. The molecule has 1 N–H and O–H groups in total. The molecule has 0 aliphatic rings. The molecule has 0 heterocycles. The molecular weight excluding hydrogens is 193 g/mol. The normalized spacial score (nSPS) is 10.2. The molecule has 3 nitrogen and oxygen atoms in total. The van der Waals surface area contributed by atoms with Gasteiger partial charge in [-0.25, -0.2) is 0 Å². The maximum atomic E-state index is 9.75. The summed E-state index contributed by atoms with van der Waals surface area (Å²) in [7, 11) is 2.50. The lowest BCUT2D eigenvalue weighted by Crippen LogP contribution is -2.27. The van der Waals surface area contributed by atoms with Gasteiger partial charge < -0.3 is 26.9 Å². The van der Waals surface area contributed by atoms with Crippen molar-refractivity contribution in [3.63, 3.8) is 0 Å². The van der Waals surface area contributed by atoms with E-state index in [-0.39, 0.29) is 6.47 Å². The predicted octanol–water partition coefficient (Wildman–Crippen LogP) is 1.32. The first-order chi connectivity index (χ1) is 5.41. The highest BCUT2D eigenvalue weighted by Crippen LogP contribution is 2.06. The smallest absolute Gasteiger partial charge is 0.483 e. The van der Waals surface area contributed by atoms with Crippen LogP contribution in [0.4, 0.5) is 17.3 Å². The molecular formula is C5H14BF4NO2. The number of carbonyl (C=O) groups is 1. The van der Waals surface area contributed by atoms with Crippen LogP contribution in [0.1, 0.15) is 0 Å². The van der Waals surface area contributed by atoms with Crippen LogP contribution < -0.4 is 0 Å². The van der Waals surface area contributed by atoms with E-state index in [1.54, 1.807) is 0 Å². The zero-order chi connectivity index (χ0) is 11.7. The van der Waals surface area contributed by atoms with Crippen LogP contribution in [-0.2, 0) is 4.79 Å². The lowest BCUT2D eigenvalue weighted by molar-refractivity contribution is -0.849. The highest BCUT2D eigenvalue weighted by Gasteiger charge is 2.20. The number of carboxylic acid groups (broad SMARTS) is 1. The Kier molecular flexibility index (Phi) is 10.9. The van der Waals surface area contributed by atoms with Gasteiger partial charge in [-0.2, -0.15) is 0 Å². The average molecular weight is 207 g/mol. The Labute approximate surface area is 74.7 Å². The molecule has 0 unspecified atom stereocenters. The standard InChI is InChI=1S/C4H12N.CH2O2.BF4/c1-5(2,3)4;2-1-3;2-1(3,4)5/h1-4H3;1H,(H,2,3);/q+1;;-1. The van der Waals surface area contributed by atoms with E-state index in [2.05, 4.69) is 28.2 Å². The van der Waals surface area contributed by atoms with Gasteiger partial charge in [0.05, 0.1) is 28.2 Å². The Morgan fingerprint density at radius 3 is 1.08 bits per heavy atom. The second kappa shape index (κ2) is 7.84. The maximum absolute atomic E-state index is 9.75. The zero-order valence-electron chi connectivity index (χ0n) is 7.97. The van der Waals surface area contributed by atoms with E-state index in [4.69, 9.17) is 9.90 Å². The Balaban J connectivity index is -0.000000120. The van der Waals surface area contributed by atoms with Gasteiger partial charge in [-0.15, -0.1) is 0 Å². The predicted molar refractivity (Wildman–Crippen MR) is 42.8 cm³/mol. The molecule has 0 saturated carbocycles. The van der Waals surface area contributed by atoms with Crippen LogP contribution in [0.25, 0.3) is 0 Å².